The van der Waals surface area contributed by atoms with Gasteiger partial charge in [0, 0.05) is 42.5 Å². The predicted molar refractivity (Wildman–Crippen MR) is 121 cm³/mol. The van der Waals surface area contributed by atoms with Crippen LogP contribution in [0.15, 0.2) is 57.2 Å². The molecule has 1 fully saturated rings. The third-order valence-corrected chi connectivity index (χ3v) is 9.04. The van der Waals surface area contributed by atoms with E-state index < -0.39 is 15.8 Å². The molecule has 5 nitrogen and oxygen atoms in total. The van der Waals surface area contributed by atoms with Crippen molar-refractivity contribution >= 4 is 54.0 Å². The lowest BCUT2D eigenvalue weighted by Crippen LogP contribution is -2.48. The molecule has 0 amide bonds. The second-order valence-corrected chi connectivity index (χ2v) is 10.9. The first-order chi connectivity index (χ1) is 14.3. The highest BCUT2D eigenvalue weighted by Crippen LogP contribution is 2.28. The highest BCUT2D eigenvalue weighted by molar-refractivity contribution is 9.10. The van der Waals surface area contributed by atoms with Crippen LogP contribution in [0, 0.1) is 5.82 Å². The van der Waals surface area contributed by atoms with E-state index >= 15 is 0 Å². The molecular weight excluding hydrogens is 513 g/mol. The zero-order valence-corrected chi connectivity index (χ0v) is 19.7. The monoisotopic (exact) mass is 529 g/mol. The number of hydrogen-bond acceptors (Lipinski definition) is 5. The molecule has 2 aromatic carbocycles. The third kappa shape index (κ3) is 4.55. The van der Waals surface area contributed by atoms with E-state index in [4.69, 9.17) is 11.6 Å². The van der Waals surface area contributed by atoms with Gasteiger partial charge in [-0.15, -0.1) is 11.3 Å². The van der Waals surface area contributed by atoms with Crippen molar-refractivity contribution in [3.05, 3.63) is 74.4 Å². The summed E-state index contributed by atoms with van der Waals surface area (Å²) in [5.74, 6) is -0.438. The Morgan fingerprint density at radius 3 is 2.57 bits per heavy atom. The number of piperazine rings is 1. The molecule has 0 bridgehead atoms. The Bertz CT molecular complexity index is 1160. The Labute approximate surface area is 192 Å². The lowest BCUT2D eigenvalue weighted by Gasteiger charge is -2.34. The maximum absolute atomic E-state index is 13.6. The van der Waals surface area contributed by atoms with Crippen molar-refractivity contribution in [2.24, 2.45) is 0 Å². The maximum atomic E-state index is 13.6. The molecule has 0 radical (unpaired) electrons. The first-order valence-corrected chi connectivity index (χ1v) is 12.7. The largest absolute Gasteiger partial charge is 0.345 e. The summed E-state index contributed by atoms with van der Waals surface area (Å²) >= 11 is 10.6. The van der Waals surface area contributed by atoms with Crippen LogP contribution in [0.5, 0.6) is 0 Å². The second-order valence-electron chi connectivity index (χ2n) is 6.87. The van der Waals surface area contributed by atoms with E-state index in [0.717, 1.165) is 16.4 Å². The number of rotatable bonds is 5. The number of nitrogens with zero attached hydrogens (tertiary/aromatic N) is 3. The van der Waals surface area contributed by atoms with Gasteiger partial charge in [0.2, 0.25) is 10.0 Å². The minimum absolute atomic E-state index is 0.105. The molecule has 158 valence electrons. The van der Waals surface area contributed by atoms with Crippen molar-refractivity contribution in [1.82, 2.24) is 9.29 Å². The van der Waals surface area contributed by atoms with E-state index in [9.17, 15) is 12.8 Å². The summed E-state index contributed by atoms with van der Waals surface area (Å²) < 4.78 is 41.6. The molecule has 0 atom stereocenters. The molecule has 1 aliphatic rings. The lowest BCUT2D eigenvalue weighted by molar-refractivity contribution is 0.384. The Hall–Kier alpha value is -1.52. The van der Waals surface area contributed by atoms with E-state index in [0.29, 0.717) is 37.1 Å². The molecule has 0 aliphatic carbocycles. The molecule has 3 aromatic rings. The summed E-state index contributed by atoms with van der Waals surface area (Å²) in [4.78, 5) is 7.02. The summed E-state index contributed by atoms with van der Waals surface area (Å²) in [6.45, 7) is 1.90. The van der Waals surface area contributed by atoms with Crippen LogP contribution >= 0.6 is 38.9 Å². The number of hydrogen-bond donors (Lipinski definition) is 0. The maximum Gasteiger partial charge on any atom is 0.244 e. The molecule has 4 rings (SSSR count). The molecule has 0 spiro atoms. The van der Waals surface area contributed by atoms with Gasteiger partial charge in [-0.2, -0.15) is 4.31 Å². The molecule has 0 N–H and O–H groups in total. The van der Waals surface area contributed by atoms with Gasteiger partial charge in [-0.05, 0) is 45.8 Å². The molecule has 1 saturated heterocycles. The first-order valence-electron chi connectivity index (χ1n) is 9.22. The van der Waals surface area contributed by atoms with Gasteiger partial charge < -0.3 is 4.90 Å². The van der Waals surface area contributed by atoms with Gasteiger partial charge in [0.1, 0.15) is 5.82 Å². The van der Waals surface area contributed by atoms with Crippen molar-refractivity contribution in [3.63, 3.8) is 0 Å². The minimum atomic E-state index is -3.54. The van der Waals surface area contributed by atoms with Crippen LogP contribution in [-0.2, 0) is 16.4 Å². The average Bonchev–Trinajstić information content (AvgIpc) is 3.19. The van der Waals surface area contributed by atoms with Crippen LogP contribution in [0.1, 0.15) is 11.3 Å². The fourth-order valence-corrected chi connectivity index (χ4v) is 6.68. The Morgan fingerprint density at radius 2 is 1.87 bits per heavy atom. The molecule has 2 heterocycles. The normalized spacial score (nSPS) is 15.5. The quantitative estimate of drug-likeness (QED) is 0.476. The van der Waals surface area contributed by atoms with Gasteiger partial charge in [0.15, 0.2) is 5.13 Å². The number of thiazole rings is 1. The van der Waals surface area contributed by atoms with Crippen molar-refractivity contribution in [3.8, 4) is 0 Å². The third-order valence-electron chi connectivity index (χ3n) is 4.87. The van der Waals surface area contributed by atoms with Crippen LogP contribution in [-0.4, -0.2) is 43.9 Å². The van der Waals surface area contributed by atoms with Crippen molar-refractivity contribution in [2.75, 3.05) is 31.1 Å². The van der Waals surface area contributed by atoms with Crippen LogP contribution in [0.4, 0.5) is 9.52 Å². The molecule has 30 heavy (non-hydrogen) atoms. The summed E-state index contributed by atoms with van der Waals surface area (Å²) in [5, 5.41) is 2.90. The van der Waals surface area contributed by atoms with E-state index in [1.165, 1.54) is 21.7 Å². The van der Waals surface area contributed by atoms with Crippen LogP contribution < -0.4 is 4.90 Å². The minimum Gasteiger partial charge on any atom is -0.345 e. The topological polar surface area (TPSA) is 53.5 Å². The molecule has 1 aromatic heterocycles. The fourth-order valence-electron chi connectivity index (χ4n) is 3.29. The van der Waals surface area contributed by atoms with Gasteiger partial charge in [0.25, 0.3) is 0 Å². The van der Waals surface area contributed by atoms with Crippen molar-refractivity contribution in [2.45, 2.75) is 11.3 Å². The Morgan fingerprint density at radius 1 is 1.13 bits per heavy atom. The number of sulfonamides is 1. The number of halogens is 3. The van der Waals surface area contributed by atoms with E-state index in [2.05, 4.69) is 25.8 Å². The van der Waals surface area contributed by atoms with Gasteiger partial charge in [0.05, 0.1) is 15.6 Å². The average molecular weight is 531 g/mol. The molecule has 0 unspecified atom stereocenters. The second kappa shape index (κ2) is 8.92. The van der Waals surface area contributed by atoms with Crippen LogP contribution in [0.2, 0.25) is 5.02 Å². The molecule has 0 saturated carbocycles. The van der Waals surface area contributed by atoms with E-state index in [-0.39, 0.29) is 9.92 Å². The van der Waals surface area contributed by atoms with Gasteiger partial charge in [-0.3, -0.25) is 0 Å². The zero-order chi connectivity index (χ0) is 21.3. The summed E-state index contributed by atoms with van der Waals surface area (Å²) in [7, 11) is -3.54. The van der Waals surface area contributed by atoms with Gasteiger partial charge in [-0.25, -0.2) is 17.8 Å². The SMILES string of the molecule is O=S(=O)(c1ccccc1Br)N1CCN(c2nc(Cc3ccc(Cl)c(F)c3)cs2)CC1. The molecule has 1 aliphatic heterocycles. The molecular formula is C20H18BrClFN3O2S2. The Balaban J connectivity index is 1.41. The number of aromatic nitrogens is 1. The summed E-state index contributed by atoms with van der Waals surface area (Å²) in [6, 6.07) is 11.6. The smallest absolute Gasteiger partial charge is 0.244 e. The van der Waals surface area contributed by atoms with Crippen LogP contribution in [0.25, 0.3) is 0 Å². The zero-order valence-electron chi connectivity index (χ0n) is 15.8. The lowest BCUT2D eigenvalue weighted by atomic mass is 10.1. The Kier molecular flexibility index (Phi) is 6.45. The van der Waals surface area contributed by atoms with Crippen molar-refractivity contribution < 1.29 is 12.8 Å². The van der Waals surface area contributed by atoms with E-state index in [1.807, 2.05) is 5.38 Å². The van der Waals surface area contributed by atoms with Crippen LogP contribution in [0.3, 0.4) is 0 Å². The summed E-state index contributed by atoms with van der Waals surface area (Å²) in [5.41, 5.74) is 1.65. The van der Waals surface area contributed by atoms with Gasteiger partial charge >= 0.3 is 0 Å². The van der Waals surface area contributed by atoms with Crippen molar-refractivity contribution in [1.29, 1.82) is 0 Å². The van der Waals surface area contributed by atoms with Gasteiger partial charge in [-0.1, -0.05) is 29.8 Å². The molecule has 10 heteroatoms. The number of anilines is 1. The number of benzene rings is 2. The summed E-state index contributed by atoms with van der Waals surface area (Å²) in [6.07, 6.45) is 0.515. The predicted octanol–water partition coefficient (Wildman–Crippen LogP) is 4.80. The standard InChI is InChI=1S/C20H18BrClFN3O2S2/c21-16-3-1-2-4-19(16)30(27,28)26-9-7-25(8-10-26)20-24-15(13-29-20)11-14-5-6-17(22)18(23)12-14/h1-6,12-13H,7-11H2. The van der Waals surface area contributed by atoms with E-state index in [1.54, 1.807) is 36.4 Å². The fraction of sp³-hybridized carbons (Fsp3) is 0.250. The highest BCUT2D eigenvalue weighted by Gasteiger charge is 2.30. The highest BCUT2D eigenvalue weighted by atomic mass is 79.9. The first kappa shape index (κ1) is 21.7.